The first-order valence-corrected chi connectivity index (χ1v) is 9.18. The van der Waals surface area contributed by atoms with Crippen molar-refractivity contribution in [1.82, 2.24) is 14.8 Å². The lowest BCUT2D eigenvalue weighted by atomic mass is 9.79. The van der Waals surface area contributed by atoms with Crippen LogP contribution in [0.25, 0.3) is 10.6 Å². The smallest absolute Gasteiger partial charge is 0.309 e. The Bertz CT molecular complexity index is 899. The van der Waals surface area contributed by atoms with E-state index in [1.165, 1.54) is 4.68 Å². The number of rotatable bonds is 4. The molecule has 0 spiro atoms. The number of aromatic nitrogens is 3. The highest BCUT2D eigenvalue weighted by atomic mass is 32.1. The van der Waals surface area contributed by atoms with Crippen molar-refractivity contribution in [3.8, 4) is 10.6 Å². The monoisotopic (exact) mass is 406 g/mol. The summed E-state index contributed by atoms with van der Waals surface area (Å²) in [5, 5.41) is 5.68. The van der Waals surface area contributed by atoms with Gasteiger partial charge in [0.2, 0.25) is 5.91 Å². The number of alkyl halides is 5. The molecular formula is C16H15F5N4OS. The summed E-state index contributed by atoms with van der Waals surface area (Å²) in [5.41, 5.74) is 1.03. The summed E-state index contributed by atoms with van der Waals surface area (Å²) in [6.07, 6.45) is -1.37. The Labute approximate surface area is 154 Å². The predicted octanol–water partition coefficient (Wildman–Crippen LogP) is 4.42. The van der Waals surface area contributed by atoms with E-state index >= 15 is 0 Å². The summed E-state index contributed by atoms with van der Waals surface area (Å²) < 4.78 is 66.4. The van der Waals surface area contributed by atoms with E-state index in [0.29, 0.717) is 22.6 Å². The van der Waals surface area contributed by atoms with E-state index in [9.17, 15) is 26.7 Å². The van der Waals surface area contributed by atoms with Gasteiger partial charge >= 0.3 is 6.18 Å². The number of hydrogen-bond donors (Lipinski definition) is 1. The van der Waals surface area contributed by atoms with E-state index in [2.05, 4.69) is 15.4 Å². The molecule has 0 radical (unpaired) electrons. The normalized spacial score (nSPS) is 21.8. The van der Waals surface area contributed by atoms with Crippen molar-refractivity contribution in [2.24, 2.45) is 13.0 Å². The van der Waals surface area contributed by atoms with Gasteiger partial charge in [-0.3, -0.25) is 9.48 Å². The average molecular weight is 406 g/mol. The van der Waals surface area contributed by atoms with Crippen LogP contribution in [-0.2, 0) is 18.0 Å². The number of nitrogens with one attached hydrogen (secondary N) is 1. The zero-order valence-corrected chi connectivity index (χ0v) is 14.9. The minimum atomic E-state index is -4.55. The lowest BCUT2D eigenvalue weighted by Crippen LogP contribution is -2.20. The third kappa shape index (κ3) is 3.21. The van der Waals surface area contributed by atoms with Gasteiger partial charge in [-0.25, -0.2) is 13.8 Å². The Balaban J connectivity index is 1.70. The molecule has 2 aromatic rings. The summed E-state index contributed by atoms with van der Waals surface area (Å²) >= 11 is 0.494. The Kier molecular flexibility index (Phi) is 4.06. The Hall–Kier alpha value is -2.04. The van der Waals surface area contributed by atoms with Gasteiger partial charge in [-0.2, -0.15) is 18.3 Å². The van der Waals surface area contributed by atoms with Crippen LogP contribution in [-0.4, -0.2) is 26.6 Å². The predicted molar refractivity (Wildman–Crippen MR) is 87.6 cm³/mol. The molecule has 0 aliphatic heterocycles. The molecule has 2 fully saturated rings. The van der Waals surface area contributed by atoms with Crippen molar-refractivity contribution in [1.29, 1.82) is 0 Å². The second-order valence-corrected chi connectivity index (χ2v) is 7.93. The number of amides is 1. The molecule has 4 rings (SSSR count). The fourth-order valence-electron chi connectivity index (χ4n) is 3.22. The van der Waals surface area contributed by atoms with E-state index < -0.39 is 35.4 Å². The van der Waals surface area contributed by atoms with E-state index in [-0.39, 0.29) is 16.6 Å². The van der Waals surface area contributed by atoms with E-state index in [4.69, 9.17) is 0 Å². The maximum atomic E-state index is 13.2. The summed E-state index contributed by atoms with van der Waals surface area (Å²) in [5.74, 6) is -5.03. The van der Waals surface area contributed by atoms with Gasteiger partial charge in [0.15, 0.2) is 10.8 Å². The summed E-state index contributed by atoms with van der Waals surface area (Å²) in [4.78, 5) is 15.8. The lowest BCUT2D eigenvalue weighted by Gasteiger charge is -2.26. The molecule has 0 bridgehead atoms. The number of nitrogens with zero attached hydrogens (tertiary/aromatic N) is 3. The third-order valence-electron chi connectivity index (χ3n) is 4.96. The van der Waals surface area contributed by atoms with Crippen molar-refractivity contribution in [2.75, 3.05) is 5.32 Å². The van der Waals surface area contributed by atoms with Gasteiger partial charge in [-0.1, -0.05) is 6.42 Å². The zero-order chi connectivity index (χ0) is 19.6. The molecule has 27 heavy (non-hydrogen) atoms. The standard InChI is InChI=1S/C16H15F5N4OS/c1-25-11(9-6-22-14(27-9)16(19,20)21)10(7-3-2-4-7)12(24-25)23-13(26)8-5-15(8,17)18/h6-8H,2-5H2,1H3,(H,23,24,26)/t8-/m1/s1. The zero-order valence-electron chi connectivity index (χ0n) is 14.1. The van der Waals surface area contributed by atoms with Crippen molar-refractivity contribution in [3.05, 3.63) is 16.8 Å². The Morgan fingerprint density at radius 2 is 2.04 bits per heavy atom. The second kappa shape index (κ2) is 5.98. The SMILES string of the molecule is Cn1nc(NC(=O)[C@H]2CC2(F)F)c(C2CCC2)c1-c1cnc(C(F)(F)F)s1. The first kappa shape index (κ1) is 18.3. The molecule has 2 saturated carbocycles. The van der Waals surface area contributed by atoms with Crippen LogP contribution in [0.2, 0.25) is 0 Å². The van der Waals surface area contributed by atoms with Gasteiger partial charge in [-0.15, -0.1) is 11.3 Å². The summed E-state index contributed by atoms with van der Waals surface area (Å²) in [7, 11) is 1.55. The summed E-state index contributed by atoms with van der Waals surface area (Å²) in [6, 6.07) is 0. The minimum Gasteiger partial charge on any atom is -0.309 e. The quantitative estimate of drug-likeness (QED) is 0.765. The van der Waals surface area contributed by atoms with Gasteiger partial charge in [0.05, 0.1) is 10.6 Å². The number of anilines is 1. The second-order valence-electron chi connectivity index (χ2n) is 6.90. The van der Waals surface area contributed by atoms with Gasteiger partial charge in [-0.05, 0) is 18.8 Å². The fourth-order valence-corrected chi connectivity index (χ4v) is 4.10. The molecule has 2 aliphatic rings. The van der Waals surface area contributed by atoms with Crippen LogP contribution < -0.4 is 5.32 Å². The molecule has 5 nitrogen and oxygen atoms in total. The minimum absolute atomic E-state index is 0.0140. The fraction of sp³-hybridized carbons (Fsp3) is 0.562. The van der Waals surface area contributed by atoms with Gasteiger partial charge in [0.25, 0.3) is 5.92 Å². The van der Waals surface area contributed by atoms with E-state index in [0.717, 1.165) is 25.5 Å². The van der Waals surface area contributed by atoms with Crippen molar-refractivity contribution in [3.63, 3.8) is 0 Å². The van der Waals surface area contributed by atoms with E-state index in [1.807, 2.05) is 0 Å². The summed E-state index contributed by atoms with van der Waals surface area (Å²) in [6.45, 7) is 0. The van der Waals surface area contributed by atoms with Crippen LogP contribution in [0.15, 0.2) is 6.20 Å². The number of hydrogen-bond acceptors (Lipinski definition) is 4. The highest BCUT2D eigenvalue weighted by molar-refractivity contribution is 7.15. The number of thiazole rings is 1. The molecule has 2 heterocycles. The average Bonchev–Trinajstić information content (AvgIpc) is 2.84. The molecule has 0 aromatic carbocycles. The maximum Gasteiger partial charge on any atom is 0.443 e. The van der Waals surface area contributed by atoms with E-state index in [1.54, 1.807) is 7.05 Å². The van der Waals surface area contributed by atoms with Gasteiger partial charge < -0.3 is 5.32 Å². The lowest BCUT2D eigenvalue weighted by molar-refractivity contribution is -0.137. The van der Waals surface area contributed by atoms with Crippen molar-refractivity contribution < 1.29 is 26.7 Å². The number of carbonyl (C=O) groups excluding carboxylic acids is 1. The molecule has 0 saturated heterocycles. The van der Waals surface area contributed by atoms with Crippen LogP contribution >= 0.6 is 11.3 Å². The van der Waals surface area contributed by atoms with Crippen molar-refractivity contribution in [2.45, 2.75) is 43.7 Å². The maximum absolute atomic E-state index is 13.2. The van der Waals surface area contributed by atoms with Crippen LogP contribution in [0, 0.1) is 5.92 Å². The number of halogens is 5. The number of aryl methyl sites for hydroxylation is 1. The largest absolute Gasteiger partial charge is 0.443 e. The molecule has 0 unspecified atom stereocenters. The molecule has 146 valence electrons. The van der Waals surface area contributed by atoms with Crippen LogP contribution in [0.5, 0.6) is 0 Å². The molecule has 2 aromatic heterocycles. The number of carbonyl (C=O) groups is 1. The van der Waals surface area contributed by atoms with Crippen LogP contribution in [0.1, 0.15) is 42.2 Å². The molecule has 1 N–H and O–H groups in total. The topological polar surface area (TPSA) is 59.8 Å². The molecule has 2 aliphatic carbocycles. The van der Waals surface area contributed by atoms with Crippen molar-refractivity contribution >= 4 is 23.1 Å². The van der Waals surface area contributed by atoms with Gasteiger partial charge in [0, 0.05) is 25.2 Å². The molecular weight excluding hydrogens is 391 g/mol. The first-order chi connectivity index (χ1) is 12.6. The Morgan fingerprint density at radius 1 is 1.37 bits per heavy atom. The Morgan fingerprint density at radius 3 is 2.52 bits per heavy atom. The molecule has 11 heteroatoms. The van der Waals surface area contributed by atoms with Gasteiger partial charge in [0.1, 0.15) is 5.92 Å². The molecule has 1 atom stereocenters. The van der Waals surface area contributed by atoms with Crippen LogP contribution in [0.4, 0.5) is 27.8 Å². The third-order valence-corrected chi connectivity index (χ3v) is 6.01. The first-order valence-electron chi connectivity index (χ1n) is 8.37. The molecule has 1 amide bonds. The van der Waals surface area contributed by atoms with Crippen LogP contribution in [0.3, 0.4) is 0 Å². The highest BCUT2D eigenvalue weighted by Gasteiger charge is 2.61. The highest BCUT2D eigenvalue weighted by Crippen LogP contribution is 2.50.